The normalized spacial score (nSPS) is 26.0. The SMILES string of the molecule is O=C([C@@H]1CCC[NH+](Cc2cccc(Cl)c2)C1)N1CCCC1. The van der Waals surface area contributed by atoms with Crippen LogP contribution in [-0.4, -0.2) is 37.0 Å². The number of hydrogen-bond donors (Lipinski definition) is 1. The highest BCUT2D eigenvalue weighted by molar-refractivity contribution is 6.30. The van der Waals surface area contributed by atoms with Gasteiger partial charge < -0.3 is 9.80 Å². The van der Waals surface area contributed by atoms with E-state index in [-0.39, 0.29) is 5.92 Å². The van der Waals surface area contributed by atoms with Crippen LogP contribution in [-0.2, 0) is 11.3 Å². The highest BCUT2D eigenvalue weighted by Gasteiger charge is 2.32. The Morgan fingerprint density at radius 3 is 2.86 bits per heavy atom. The summed E-state index contributed by atoms with van der Waals surface area (Å²) in [5.74, 6) is 0.627. The maximum absolute atomic E-state index is 12.5. The van der Waals surface area contributed by atoms with Crippen molar-refractivity contribution in [3.05, 3.63) is 34.9 Å². The molecule has 1 aromatic rings. The summed E-state index contributed by atoms with van der Waals surface area (Å²) in [5, 5.41) is 0.800. The molecule has 2 saturated heterocycles. The summed E-state index contributed by atoms with van der Waals surface area (Å²) in [6, 6.07) is 8.09. The van der Waals surface area contributed by atoms with Gasteiger partial charge in [-0.3, -0.25) is 4.79 Å². The van der Waals surface area contributed by atoms with Gasteiger partial charge in [0.1, 0.15) is 6.54 Å². The van der Waals surface area contributed by atoms with E-state index >= 15 is 0 Å². The van der Waals surface area contributed by atoms with Crippen LogP contribution in [0.15, 0.2) is 24.3 Å². The van der Waals surface area contributed by atoms with Crippen molar-refractivity contribution in [2.45, 2.75) is 32.2 Å². The van der Waals surface area contributed by atoms with Crippen LogP contribution >= 0.6 is 11.6 Å². The van der Waals surface area contributed by atoms with Gasteiger partial charge in [-0.2, -0.15) is 0 Å². The van der Waals surface area contributed by atoms with Gasteiger partial charge in [0.05, 0.1) is 19.0 Å². The lowest BCUT2D eigenvalue weighted by atomic mass is 9.96. The van der Waals surface area contributed by atoms with E-state index in [2.05, 4.69) is 11.0 Å². The number of halogens is 1. The number of quaternary nitrogens is 1. The molecule has 2 heterocycles. The number of benzene rings is 1. The zero-order valence-electron chi connectivity index (χ0n) is 12.5. The van der Waals surface area contributed by atoms with E-state index in [0.717, 1.165) is 50.6 Å². The number of nitrogens with one attached hydrogen (secondary N) is 1. The molecular weight excluding hydrogens is 284 g/mol. The Bertz CT molecular complexity index is 499. The van der Waals surface area contributed by atoms with E-state index in [1.807, 2.05) is 18.2 Å². The number of rotatable bonds is 3. The molecule has 1 amide bonds. The van der Waals surface area contributed by atoms with Crippen molar-refractivity contribution in [1.29, 1.82) is 0 Å². The van der Waals surface area contributed by atoms with Crippen LogP contribution in [0.5, 0.6) is 0 Å². The van der Waals surface area contributed by atoms with Crippen molar-refractivity contribution < 1.29 is 9.69 Å². The van der Waals surface area contributed by atoms with E-state index in [1.54, 1.807) is 0 Å². The largest absolute Gasteiger partial charge is 0.342 e. The van der Waals surface area contributed by atoms with Gasteiger partial charge in [-0.1, -0.05) is 23.7 Å². The molecule has 2 atom stereocenters. The van der Waals surface area contributed by atoms with Crippen LogP contribution in [0, 0.1) is 5.92 Å². The smallest absolute Gasteiger partial charge is 0.231 e. The fraction of sp³-hybridized carbons (Fsp3) is 0.588. The second kappa shape index (κ2) is 6.80. The second-order valence-electron chi connectivity index (χ2n) is 6.38. The van der Waals surface area contributed by atoms with Crippen LogP contribution < -0.4 is 4.90 Å². The van der Waals surface area contributed by atoms with Crippen molar-refractivity contribution in [3.8, 4) is 0 Å². The fourth-order valence-corrected chi connectivity index (χ4v) is 3.87. The number of nitrogens with zero attached hydrogens (tertiary/aromatic N) is 1. The molecule has 4 heteroatoms. The Hall–Kier alpha value is -1.06. The molecular formula is C17H24ClN2O+. The van der Waals surface area contributed by atoms with Gasteiger partial charge in [-0.25, -0.2) is 0 Å². The lowest BCUT2D eigenvalue weighted by molar-refractivity contribution is -0.921. The molecule has 1 N–H and O–H groups in total. The zero-order valence-corrected chi connectivity index (χ0v) is 13.2. The van der Waals surface area contributed by atoms with Crippen molar-refractivity contribution in [2.75, 3.05) is 26.2 Å². The van der Waals surface area contributed by atoms with E-state index < -0.39 is 0 Å². The van der Waals surface area contributed by atoms with E-state index in [9.17, 15) is 4.79 Å². The Morgan fingerprint density at radius 2 is 2.10 bits per heavy atom. The molecule has 0 saturated carbocycles. The maximum Gasteiger partial charge on any atom is 0.231 e. The molecule has 0 aromatic heterocycles. The van der Waals surface area contributed by atoms with Crippen molar-refractivity contribution in [1.82, 2.24) is 4.90 Å². The number of carbonyl (C=O) groups excluding carboxylic acids is 1. The summed E-state index contributed by atoms with van der Waals surface area (Å²) in [6.07, 6.45) is 4.57. The van der Waals surface area contributed by atoms with Crippen LogP contribution in [0.4, 0.5) is 0 Å². The first-order chi connectivity index (χ1) is 10.2. The molecule has 3 nitrogen and oxygen atoms in total. The van der Waals surface area contributed by atoms with Crippen molar-refractivity contribution in [3.63, 3.8) is 0 Å². The summed E-state index contributed by atoms with van der Waals surface area (Å²) in [5.41, 5.74) is 1.27. The van der Waals surface area contributed by atoms with E-state index in [1.165, 1.54) is 23.3 Å². The minimum Gasteiger partial charge on any atom is -0.342 e. The van der Waals surface area contributed by atoms with Gasteiger partial charge in [0.2, 0.25) is 5.91 Å². The third kappa shape index (κ3) is 3.78. The molecule has 1 unspecified atom stereocenters. The van der Waals surface area contributed by atoms with Gasteiger partial charge in [-0.05, 0) is 37.8 Å². The average Bonchev–Trinajstić information content (AvgIpc) is 3.01. The first kappa shape index (κ1) is 14.9. The number of likely N-dealkylation sites (tertiary alicyclic amines) is 2. The minimum absolute atomic E-state index is 0.228. The van der Waals surface area contributed by atoms with E-state index in [4.69, 9.17) is 11.6 Å². The molecule has 0 aliphatic carbocycles. The summed E-state index contributed by atoms with van der Waals surface area (Å²) in [6.45, 7) is 5.06. The van der Waals surface area contributed by atoms with Crippen LogP contribution in [0.1, 0.15) is 31.2 Å². The molecule has 3 rings (SSSR count). The Kier molecular flexibility index (Phi) is 4.81. The number of carbonyl (C=O) groups is 1. The Labute approximate surface area is 131 Å². The standard InChI is InChI=1S/C17H23ClN2O/c18-16-7-3-5-14(11-16)12-19-8-4-6-15(13-19)17(21)20-9-1-2-10-20/h3,5,7,11,15H,1-2,4,6,8-10,12-13H2/p+1/t15-/m1/s1. The average molecular weight is 308 g/mol. The van der Waals surface area contributed by atoms with Gasteiger partial charge in [-0.15, -0.1) is 0 Å². The highest BCUT2D eigenvalue weighted by Crippen LogP contribution is 2.17. The molecule has 0 radical (unpaired) electrons. The molecule has 0 bridgehead atoms. The number of amides is 1. The second-order valence-corrected chi connectivity index (χ2v) is 6.82. The van der Waals surface area contributed by atoms with Gasteiger partial charge in [0.25, 0.3) is 0 Å². The summed E-state index contributed by atoms with van der Waals surface area (Å²) < 4.78 is 0. The minimum atomic E-state index is 0.228. The molecule has 21 heavy (non-hydrogen) atoms. The van der Waals surface area contributed by atoms with Gasteiger partial charge >= 0.3 is 0 Å². The molecule has 0 spiro atoms. The first-order valence-corrected chi connectivity index (χ1v) is 8.47. The fourth-order valence-electron chi connectivity index (χ4n) is 3.65. The van der Waals surface area contributed by atoms with E-state index in [0.29, 0.717) is 5.91 Å². The Balaban J connectivity index is 1.59. The van der Waals surface area contributed by atoms with Crippen molar-refractivity contribution >= 4 is 17.5 Å². The third-order valence-corrected chi connectivity index (χ3v) is 4.96. The van der Waals surface area contributed by atoms with Gasteiger partial charge in [0.15, 0.2) is 0 Å². The monoisotopic (exact) mass is 307 g/mol. The van der Waals surface area contributed by atoms with Crippen LogP contribution in [0.3, 0.4) is 0 Å². The molecule has 2 aliphatic rings. The summed E-state index contributed by atoms with van der Waals surface area (Å²) in [4.78, 5) is 16.1. The quantitative estimate of drug-likeness (QED) is 0.904. The predicted molar refractivity (Wildman–Crippen MR) is 84.4 cm³/mol. The summed E-state index contributed by atoms with van der Waals surface area (Å²) in [7, 11) is 0. The molecule has 114 valence electrons. The number of piperidine rings is 1. The van der Waals surface area contributed by atoms with Gasteiger partial charge in [0, 0.05) is 23.7 Å². The lowest BCUT2D eigenvalue weighted by Gasteiger charge is -2.31. The topological polar surface area (TPSA) is 24.8 Å². The predicted octanol–water partition coefficient (Wildman–Crippen LogP) is 1.76. The molecule has 2 fully saturated rings. The molecule has 2 aliphatic heterocycles. The summed E-state index contributed by atoms with van der Waals surface area (Å²) >= 11 is 6.06. The third-order valence-electron chi connectivity index (χ3n) is 4.73. The van der Waals surface area contributed by atoms with Crippen LogP contribution in [0.2, 0.25) is 5.02 Å². The first-order valence-electron chi connectivity index (χ1n) is 8.09. The van der Waals surface area contributed by atoms with Crippen LogP contribution in [0.25, 0.3) is 0 Å². The zero-order chi connectivity index (χ0) is 14.7. The molecule has 1 aromatic carbocycles. The van der Waals surface area contributed by atoms with Crippen molar-refractivity contribution in [2.24, 2.45) is 5.92 Å². The highest BCUT2D eigenvalue weighted by atomic mass is 35.5. The maximum atomic E-state index is 12.5. The Morgan fingerprint density at radius 1 is 1.29 bits per heavy atom. The number of hydrogen-bond acceptors (Lipinski definition) is 1. The lowest BCUT2D eigenvalue weighted by Crippen LogP contribution is -3.12.